The molecule has 0 unspecified atom stereocenters. The van der Waals surface area contributed by atoms with Gasteiger partial charge in [0.05, 0.1) is 24.0 Å². The van der Waals surface area contributed by atoms with Gasteiger partial charge in [0.2, 0.25) is 5.95 Å². The van der Waals surface area contributed by atoms with Crippen molar-refractivity contribution in [3.05, 3.63) is 39.4 Å². The Labute approximate surface area is 192 Å². The predicted octanol–water partition coefficient (Wildman–Crippen LogP) is 2.40. The minimum atomic E-state index is -0.930. The highest BCUT2D eigenvalue weighted by atomic mass is 19.1. The van der Waals surface area contributed by atoms with Crippen LogP contribution in [-0.2, 0) is 11.8 Å². The van der Waals surface area contributed by atoms with E-state index in [0.717, 1.165) is 30.6 Å². The van der Waals surface area contributed by atoms with Crippen LogP contribution in [0.5, 0.6) is 5.75 Å². The number of hydrogen-bond donors (Lipinski definition) is 3. The van der Waals surface area contributed by atoms with E-state index in [1.807, 2.05) is 0 Å². The number of anilines is 3. The number of benzene rings is 1. The zero-order valence-electron chi connectivity index (χ0n) is 19.5. The maximum Gasteiger partial charge on any atom is 0.257 e. The van der Waals surface area contributed by atoms with E-state index in [1.54, 1.807) is 27.0 Å². The third kappa shape index (κ3) is 3.82. The van der Waals surface area contributed by atoms with Crippen LogP contribution in [-0.4, -0.2) is 60.5 Å². The molecule has 1 fully saturated rings. The Bertz CT molecular complexity index is 1120. The van der Waals surface area contributed by atoms with Gasteiger partial charge in [-0.2, -0.15) is 4.98 Å². The van der Waals surface area contributed by atoms with Gasteiger partial charge in [0.15, 0.2) is 0 Å². The minimum Gasteiger partial charge on any atom is -0.495 e. The first kappa shape index (κ1) is 22.0. The normalized spacial score (nSPS) is 19.3. The summed E-state index contributed by atoms with van der Waals surface area (Å²) >= 11 is 0. The molecular weight excluding hydrogens is 425 g/mol. The Kier molecular flexibility index (Phi) is 5.27. The first-order chi connectivity index (χ1) is 15.7. The molecule has 0 atom stereocenters. The second-order valence-electron chi connectivity index (χ2n) is 10.2. The van der Waals surface area contributed by atoms with Gasteiger partial charge >= 0.3 is 0 Å². The molecule has 1 aromatic carbocycles. The second-order valence-corrected chi connectivity index (χ2v) is 10.2. The average Bonchev–Trinajstić information content (AvgIpc) is 3.07. The Morgan fingerprint density at radius 3 is 2.76 bits per heavy atom. The van der Waals surface area contributed by atoms with Crippen molar-refractivity contribution in [1.29, 1.82) is 0 Å². The van der Waals surface area contributed by atoms with Crippen LogP contribution >= 0.6 is 0 Å². The van der Waals surface area contributed by atoms with Crippen molar-refractivity contribution in [2.45, 2.75) is 50.5 Å². The van der Waals surface area contributed by atoms with Crippen molar-refractivity contribution in [3.63, 3.8) is 0 Å². The van der Waals surface area contributed by atoms with Crippen LogP contribution in [0.3, 0.4) is 0 Å². The van der Waals surface area contributed by atoms with Crippen LogP contribution in [0.2, 0.25) is 0 Å². The van der Waals surface area contributed by atoms with Crippen molar-refractivity contribution in [2.75, 3.05) is 55.0 Å². The maximum atomic E-state index is 15.3. The van der Waals surface area contributed by atoms with Gasteiger partial charge in [0.1, 0.15) is 17.4 Å². The number of fused-ring (bicyclic) bond motifs is 3. The van der Waals surface area contributed by atoms with Gasteiger partial charge in [-0.05, 0) is 51.7 Å². The van der Waals surface area contributed by atoms with Crippen LogP contribution in [0.1, 0.15) is 44.2 Å². The van der Waals surface area contributed by atoms with Crippen LogP contribution < -0.4 is 25.4 Å². The van der Waals surface area contributed by atoms with E-state index in [4.69, 9.17) is 4.74 Å². The lowest BCUT2D eigenvalue weighted by Gasteiger charge is -2.40. The lowest BCUT2D eigenvalue weighted by molar-refractivity contribution is 0.0866. The largest absolute Gasteiger partial charge is 0.495 e. The predicted molar refractivity (Wildman–Crippen MR) is 126 cm³/mol. The lowest BCUT2D eigenvalue weighted by atomic mass is 9.74. The number of methoxy groups -OCH3 is 1. The van der Waals surface area contributed by atoms with Crippen LogP contribution in [0.15, 0.2) is 16.9 Å². The molecule has 5 rings (SSSR count). The Balaban J connectivity index is 1.45. The summed E-state index contributed by atoms with van der Waals surface area (Å²) in [5.74, 6) is 1.64. The van der Waals surface area contributed by atoms with Gasteiger partial charge < -0.3 is 25.0 Å². The van der Waals surface area contributed by atoms with Crippen LogP contribution in [0.4, 0.5) is 21.8 Å². The van der Waals surface area contributed by atoms with Gasteiger partial charge in [-0.25, -0.2) is 4.39 Å². The number of piperidine rings is 1. The van der Waals surface area contributed by atoms with E-state index in [0.29, 0.717) is 62.1 Å². The zero-order valence-corrected chi connectivity index (χ0v) is 19.5. The highest BCUT2D eigenvalue weighted by Gasteiger charge is 2.49. The van der Waals surface area contributed by atoms with Crippen molar-refractivity contribution < 1.29 is 14.2 Å². The molecule has 1 saturated heterocycles. The summed E-state index contributed by atoms with van der Waals surface area (Å²) in [5, 5.41) is 13.7. The molecule has 0 bridgehead atoms. The lowest BCUT2D eigenvalue weighted by Crippen LogP contribution is -2.48. The molecule has 33 heavy (non-hydrogen) atoms. The fourth-order valence-corrected chi connectivity index (χ4v) is 5.70. The number of hydrogen-bond acceptors (Lipinski definition) is 7. The third-order valence-electron chi connectivity index (χ3n) is 7.15. The first-order valence-electron chi connectivity index (χ1n) is 11.7. The monoisotopic (exact) mass is 457 g/mol. The van der Waals surface area contributed by atoms with Crippen LogP contribution in [0, 0.1) is 5.82 Å². The molecule has 1 aromatic heterocycles. The number of rotatable bonds is 4. The molecular formula is C24H32FN5O3. The molecule has 1 spiro atoms. The molecule has 178 valence electrons. The number of H-pyrrole nitrogens is 1. The van der Waals surface area contributed by atoms with E-state index in [1.165, 1.54) is 6.07 Å². The quantitative estimate of drug-likeness (QED) is 0.649. The molecule has 4 heterocycles. The van der Waals surface area contributed by atoms with E-state index in [-0.39, 0.29) is 16.8 Å². The number of aromatic nitrogens is 2. The van der Waals surface area contributed by atoms with Crippen molar-refractivity contribution in [3.8, 4) is 5.75 Å². The molecule has 3 aliphatic heterocycles. The average molecular weight is 458 g/mol. The zero-order chi connectivity index (χ0) is 23.4. The van der Waals surface area contributed by atoms with Crippen molar-refractivity contribution >= 4 is 17.5 Å². The fraction of sp³-hybridized carbons (Fsp3) is 0.583. The molecule has 0 aliphatic carbocycles. The molecule has 2 aromatic rings. The summed E-state index contributed by atoms with van der Waals surface area (Å²) < 4.78 is 20.9. The molecule has 0 amide bonds. The number of aromatic amines is 1. The highest BCUT2D eigenvalue weighted by Crippen LogP contribution is 2.52. The topological polar surface area (TPSA) is 93.7 Å². The number of ether oxygens (including phenoxy) is 1. The number of nitrogens with one attached hydrogen (secondary N) is 2. The van der Waals surface area contributed by atoms with Gasteiger partial charge in [-0.3, -0.25) is 9.78 Å². The smallest absolute Gasteiger partial charge is 0.257 e. The minimum absolute atomic E-state index is 0.0826. The molecule has 3 N–H and O–H groups in total. The third-order valence-corrected chi connectivity index (χ3v) is 7.15. The number of β-amino-alcohol motifs (C(OH)–C–C–N with tert-alkyl or cyclic N) is 1. The van der Waals surface area contributed by atoms with Gasteiger partial charge in [0.25, 0.3) is 5.56 Å². The van der Waals surface area contributed by atoms with Crippen molar-refractivity contribution in [1.82, 2.24) is 9.97 Å². The summed E-state index contributed by atoms with van der Waals surface area (Å²) in [5.41, 5.74) is 0.750. The molecule has 9 heteroatoms. The Morgan fingerprint density at radius 1 is 1.30 bits per heavy atom. The number of halogens is 1. The number of nitrogens with zero attached hydrogens (tertiary/aromatic N) is 3. The summed E-state index contributed by atoms with van der Waals surface area (Å²) in [6.45, 7) is 6.64. The molecule has 3 aliphatic rings. The number of aliphatic hydroxyl groups is 1. The standard InChI is InChI=1S/C24H32FN5O3/c1-23(2,32)13-30-14-24(18-16(25)6-7-17(33-3)19(18)30)8-11-29(12-9-24)22-27-20-15(21(31)28-22)5-4-10-26-20/h6-7,32H,4-5,8-14H2,1-3H3,(H2,26,27,28,31). The Morgan fingerprint density at radius 2 is 2.06 bits per heavy atom. The van der Waals surface area contributed by atoms with Gasteiger partial charge in [0, 0.05) is 43.7 Å². The highest BCUT2D eigenvalue weighted by molar-refractivity contribution is 5.71. The SMILES string of the molecule is COc1ccc(F)c2c1N(CC(C)(C)O)CC21CCN(c2nc3c(c(=O)[nH]2)CCCN3)CC1. The van der Waals surface area contributed by atoms with E-state index < -0.39 is 5.60 Å². The van der Waals surface area contributed by atoms with E-state index in [9.17, 15) is 9.90 Å². The van der Waals surface area contributed by atoms with Crippen molar-refractivity contribution in [2.24, 2.45) is 0 Å². The summed E-state index contributed by atoms with van der Waals surface area (Å²) in [7, 11) is 1.59. The molecule has 0 radical (unpaired) electrons. The van der Waals surface area contributed by atoms with Gasteiger partial charge in [-0.15, -0.1) is 0 Å². The summed E-state index contributed by atoms with van der Waals surface area (Å²) in [6, 6.07) is 3.14. The van der Waals surface area contributed by atoms with Gasteiger partial charge in [-0.1, -0.05) is 0 Å². The van der Waals surface area contributed by atoms with Crippen LogP contribution in [0.25, 0.3) is 0 Å². The van der Waals surface area contributed by atoms with E-state index >= 15 is 4.39 Å². The summed E-state index contributed by atoms with van der Waals surface area (Å²) in [6.07, 6.45) is 3.09. The van der Waals surface area contributed by atoms with E-state index in [2.05, 4.69) is 25.1 Å². The first-order valence-corrected chi connectivity index (χ1v) is 11.7. The molecule has 8 nitrogen and oxygen atoms in total. The molecule has 0 saturated carbocycles. The second kappa shape index (κ2) is 7.90. The fourth-order valence-electron chi connectivity index (χ4n) is 5.70. The maximum absolute atomic E-state index is 15.3. The summed E-state index contributed by atoms with van der Waals surface area (Å²) in [4.78, 5) is 24.4. The Hall–Kier alpha value is -2.81.